The lowest BCUT2D eigenvalue weighted by Crippen LogP contribution is -2.39. The third kappa shape index (κ3) is 6.25. The Balaban J connectivity index is 1.28. The van der Waals surface area contributed by atoms with Gasteiger partial charge in [-0.2, -0.15) is 0 Å². The van der Waals surface area contributed by atoms with Crippen molar-refractivity contribution in [1.29, 1.82) is 0 Å². The van der Waals surface area contributed by atoms with Gasteiger partial charge in [0.2, 0.25) is 0 Å². The minimum Gasteiger partial charge on any atom is -0.393 e. The number of thiazole rings is 1. The molecule has 1 aromatic heterocycles. The van der Waals surface area contributed by atoms with Gasteiger partial charge in [-0.15, -0.1) is 11.3 Å². The SMILES string of the molecule is C=C1C(=CC=C2CCC[C@]3(C)[C@@H](C(C)(C)C=C[C@H](O)C4(c5nc(CCCCC)cs5)CC4)CC[C@@H]23)C[C@@H](O)C[C@@H]1O. The van der Waals surface area contributed by atoms with Gasteiger partial charge in [0.25, 0.3) is 0 Å². The summed E-state index contributed by atoms with van der Waals surface area (Å²) in [7, 11) is 0. The summed E-state index contributed by atoms with van der Waals surface area (Å²) in [5.41, 5.74) is 4.50. The van der Waals surface area contributed by atoms with Crippen molar-refractivity contribution in [3.8, 4) is 0 Å². The van der Waals surface area contributed by atoms with Crippen molar-refractivity contribution in [2.75, 3.05) is 0 Å². The molecule has 4 saturated carbocycles. The van der Waals surface area contributed by atoms with Crippen molar-refractivity contribution in [3.05, 3.63) is 63.7 Å². The second-order valence-corrected chi connectivity index (χ2v) is 15.4. The predicted molar refractivity (Wildman–Crippen MR) is 170 cm³/mol. The van der Waals surface area contributed by atoms with E-state index in [1.807, 2.05) is 0 Å². The van der Waals surface area contributed by atoms with Crippen molar-refractivity contribution >= 4 is 11.3 Å². The first-order valence-electron chi connectivity index (χ1n) is 16.3. The van der Waals surface area contributed by atoms with Gasteiger partial charge < -0.3 is 15.3 Å². The molecular weight excluding hydrogens is 526 g/mol. The van der Waals surface area contributed by atoms with Crippen LogP contribution in [0.3, 0.4) is 0 Å². The molecule has 0 bridgehead atoms. The summed E-state index contributed by atoms with van der Waals surface area (Å²) in [6, 6.07) is 0. The van der Waals surface area contributed by atoms with Crippen molar-refractivity contribution in [1.82, 2.24) is 4.98 Å². The molecule has 0 amide bonds. The van der Waals surface area contributed by atoms with E-state index in [0.717, 1.165) is 41.8 Å². The second-order valence-electron chi connectivity index (χ2n) is 14.5. The zero-order chi connectivity index (χ0) is 29.4. The lowest BCUT2D eigenvalue weighted by molar-refractivity contribution is 0.0706. The van der Waals surface area contributed by atoms with Crippen LogP contribution in [0, 0.1) is 22.7 Å². The molecule has 41 heavy (non-hydrogen) atoms. The summed E-state index contributed by atoms with van der Waals surface area (Å²) < 4.78 is 0. The van der Waals surface area contributed by atoms with Crippen molar-refractivity contribution < 1.29 is 15.3 Å². The molecule has 4 nitrogen and oxygen atoms in total. The predicted octanol–water partition coefficient (Wildman–Crippen LogP) is 7.99. The Morgan fingerprint density at radius 1 is 1.17 bits per heavy atom. The molecule has 226 valence electrons. The highest BCUT2D eigenvalue weighted by Gasteiger charge is 2.54. The summed E-state index contributed by atoms with van der Waals surface area (Å²) in [6.45, 7) is 13.6. The average Bonchev–Trinajstić information content (AvgIpc) is 3.45. The van der Waals surface area contributed by atoms with Gasteiger partial charge in [-0.3, -0.25) is 0 Å². The second kappa shape index (κ2) is 12.2. The van der Waals surface area contributed by atoms with Crippen molar-refractivity contribution in [3.63, 3.8) is 0 Å². The Labute approximate surface area is 252 Å². The van der Waals surface area contributed by atoms with E-state index in [-0.39, 0.29) is 16.2 Å². The highest BCUT2D eigenvalue weighted by atomic mass is 32.1. The Hall–Kier alpha value is -1.53. The van der Waals surface area contributed by atoms with Crippen LogP contribution < -0.4 is 0 Å². The lowest BCUT2D eigenvalue weighted by Gasteiger charge is -2.47. The maximum absolute atomic E-state index is 11.4. The van der Waals surface area contributed by atoms with Crippen LogP contribution >= 0.6 is 11.3 Å². The van der Waals surface area contributed by atoms with E-state index in [1.54, 1.807) is 11.3 Å². The monoisotopic (exact) mass is 579 g/mol. The van der Waals surface area contributed by atoms with Gasteiger partial charge in [-0.1, -0.05) is 77.0 Å². The molecule has 0 spiro atoms. The highest BCUT2D eigenvalue weighted by molar-refractivity contribution is 7.09. The van der Waals surface area contributed by atoms with E-state index < -0.39 is 18.3 Å². The fourth-order valence-corrected chi connectivity index (χ4v) is 9.69. The number of aryl methyl sites for hydroxylation is 1. The van der Waals surface area contributed by atoms with E-state index >= 15 is 0 Å². The number of unbranched alkanes of at least 4 members (excludes halogenated alkanes) is 2. The van der Waals surface area contributed by atoms with Gasteiger partial charge in [0, 0.05) is 11.8 Å². The summed E-state index contributed by atoms with van der Waals surface area (Å²) in [6.07, 6.45) is 20.9. The number of aliphatic hydroxyl groups excluding tert-OH is 3. The number of aliphatic hydroxyl groups is 3. The molecular formula is C36H53NO3S. The smallest absolute Gasteiger partial charge is 0.102 e. The molecule has 0 aliphatic heterocycles. The maximum atomic E-state index is 11.4. The van der Waals surface area contributed by atoms with E-state index in [1.165, 1.54) is 56.2 Å². The molecule has 0 unspecified atom stereocenters. The average molecular weight is 580 g/mol. The summed E-state index contributed by atoms with van der Waals surface area (Å²) in [5, 5.41) is 35.2. The standard InChI is InChI=1S/C36H53NO3S/c1-6-7-8-11-27-23-41-33(37-27)36(19-20-36)32(40)16-18-34(3,4)31-15-14-29-25(10-9-17-35(29,31)5)12-13-26-21-28(38)22-30(39)24(26)2/h12-13,16,18,23,28-32,38-40H,2,6-11,14-15,17,19-22H2,1,3-5H3/t28-,29+,30+,31-,32+,35+/m1/s1. The van der Waals surface area contributed by atoms with Crippen LogP contribution in [0.15, 0.2) is 53.0 Å². The van der Waals surface area contributed by atoms with E-state index in [9.17, 15) is 15.3 Å². The van der Waals surface area contributed by atoms with E-state index in [0.29, 0.717) is 24.7 Å². The molecule has 4 aliphatic carbocycles. The van der Waals surface area contributed by atoms with Gasteiger partial charge in [0.05, 0.1) is 29.4 Å². The highest BCUT2D eigenvalue weighted by Crippen LogP contribution is 2.62. The number of hydrogen-bond donors (Lipinski definition) is 3. The topological polar surface area (TPSA) is 73.6 Å². The summed E-state index contributed by atoms with van der Waals surface area (Å²) in [5.74, 6) is 1.10. The molecule has 0 aromatic carbocycles. The van der Waals surface area contributed by atoms with Crippen LogP contribution in [0.25, 0.3) is 0 Å². The van der Waals surface area contributed by atoms with Gasteiger partial charge in [-0.25, -0.2) is 4.98 Å². The third-order valence-corrected chi connectivity index (χ3v) is 12.3. The molecule has 6 atom stereocenters. The van der Waals surface area contributed by atoms with Gasteiger partial charge >= 0.3 is 0 Å². The normalized spacial score (nSPS) is 34.5. The molecule has 0 radical (unpaired) electrons. The first-order chi connectivity index (χ1) is 19.5. The molecule has 1 heterocycles. The van der Waals surface area contributed by atoms with Gasteiger partial charge in [0.1, 0.15) is 5.01 Å². The Morgan fingerprint density at radius 2 is 1.95 bits per heavy atom. The number of allylic oxidation sites excluding steroid dienone is 4. The molecule has 5 rings (SSSR count). The third-order valence-electron chi connectivity index (χ3n) is 11.2. The quantitative estimate of drug-likeness (QED) is 0.194. The summed E-state index contributed by atoms with van der Waals surface area (Å²) >= 11 is 1.74. The number of fused-ring (bicyclic) bond motifs is 1. The largest absolute Gasteiger partial charge is 0.393 e. The van der Waals surface area contributed by atoms with Crippen LogP contribution in [0.1, 0.15) is 115 Å². The first kappa shape index (κ1) is 30.9. The van der Waals surface area contributed by atoms with Crippen LogP contribution in [0.4, 0.5) is 0 Å². The molecule has 1 aromatic rings. The number of rotatable bonds is 10. The minimum absolute atomic E-state index is 0.0124. The molecule has 3 N–H and O–H groups in total. The first-order valence-corrected chi connectivity index (χ1v) is 17.2. The van der Waals surface area contributed by atoms with Gasteiger partial charge in [-0.05, 0) is 98.0 Å². The van der Waals surface area contributed by atoms with E-state index in [4.69, 9.17) is 4.98 Å². The van der Waals surface area contributed by atoms with Crippen LogP contribution in [-0.2, 0) is 11.8 Å². The number of aromatic nitrogens is 1. The number of nitrogens with zero attached hydrogens (tertiary/aromatic N) is 1. The fourth-order valence-electron chi connectivity index (χ4n) is 8.54. The molecule has 4 fully saturated rings. The van der Waals surface area contributed by atoms with Crippen molar-refractivity contribution in [2.24, 2.45) is 22.7 Å². The van der Waals surface area contributed by atoms with Crippen LogP contribution in [-0.4, -0.2) is 38.6 Å². The Morgan fingerprint density at radius 3 is 2.68 bits per heavy atom. The zero-order valence-electron chi connectivity index (χ0n) is 25.9. The Bertz CT molecular complexity index is 1190. The lowest BCUT2D eigenvalue weighted by atomic mass is 9.57. The Kier molecular flexibility index (Phi) is 9.22. The minimum atomic E-state index is -0.642. The van der Waals surface area contributed by atoms with Gasteiger partial charge in [0.15, 0.2) is 0 Å². The maximum Gasteiger partial charge on any atom is 0.102 e. The fraction of sp³-hybridized carbons (Fsp3) is 0.694. The molecule has 0 saturated heterocycles. The summed E-state index contributed by atoms with van der Waals surface area (Å²) in [4.78, 5) is 4.98. The number of hydrogen-bond acceptors (Lipinski definition) is 5. The zero-order valence-corrected chi connectivity index (χ0v) is 26.7. The van der Waals surface area contributed by atoms with E-state index in [2.05, 4.69) is 64.0 Å². The van der Waals surface area contributed by atoms with Crippen LogP contribution in [0.5, 0.6) is 0 Å². The molecule has 5 heteroatoms. The molecule has 4 aliphatic rings. The van der Waals surface area contributed by atoms with Crippen molar-refractivity contribution in [2.45, 2.75) is 135 Å². The van der Waals surface area contributed by atoms with Crippen LogP contribution in [0.2, 0.25) is 0 Å².